The van der Waals surface area contributed by atoms with Crippen LogP contribution in [0.15, 0.2) is 42.9 Å². The number of nitrogens with two attached hydrogens (primary N) is 2. The zero-order valence-corrected chi connectivity index (χ0v) is 22.0. The van der Waals surface area contributed by atoms with Crippen molar-refractivity contribution in [3.8, 4) is 0 Å². The van der Waals surface area contributed by atoms with Gasteiger partial charge in [0.2, 0.25) is 17.7 Å². The first-order chi connectivity index (χ1) is 19.1. The molecule has 0 aliphatic rings. The largest absolute Gasteiger partial charge is 0.481 e. The Balaban J connectivity index is 2.19. The van der Waals surface area contributed by atoms with Gasteiger partial charge in [-0.2, -0.15) is 0 Å². The summed E-state index contributed by atoms with van der Waals surface area (Å²) in [7, 11) is 0. The van der Waals surface area contributed by atoms with Crippen molar-refractivity contribution < 1.29 is 34.2 Å². The minimum atomic E-state index is -1.28. The van der Waals surface area contributed by atoms with Gasteiger partial charge in [0.1, 0.15) is 18.1 Å². The van der Waals surface area contributed by atoms with E-state index in [9.17, 15) is 29.1 Å². The number of carboxylic acids is 2. The first-order valence-electron chi connectivity index (χ1n) is 12.9. The van der Waals surface area contributed by atoms with Crippen LogP contribution in [-0.4, -0.2) is 80.6 Å². The molecule has 0 saturated heterocycles. The molecule has 2 rings (SSSR count). The van der Waals surface area contributed by atoms with Gasteiger partial charge in [-0.15, -0.1) is 0 Å². The minimum absolute atomic E-state index is 0.0501. The van der Waals surface area contributed by atoms with E-state index in [1.165, 1.54) is 12.5 Å². The lowest BCUT2D eigenvalue weighted by molar-refractivity contribution is -0.142. The molecule has 10 N–H and O–H groups in total. The maximum Gasteiger partial charge on any atom is 0.326 e. The van der Waals surface area contributed by atoms with Crippen LogP contribution in [0.25, 0.3) is 0 Å². The van der Waals surface area contributed by atoms with Crippen LogP contribution in [0.3, 0.4) is 0 Å². The predicted octanol–water partition coefficient (Wildman–Crippen LogP) is -0.945. The lowest BCUT2D eigenvalue weighted by atomic mass is 10.0. The van der Waals surface area contributed by atoms with Gasteiger partial charge in [-0.25, -0.2) is 9.78 Å². The number of aliphatic carboxylic acids is 2. The van der Waals surface area contributed by atoms with E-state index >= 15 is 0 Å². The molecule has 0 bridgehead atoms. The summed E-state index contributed by atoms with van der Waals surface area (Å²) in [6.07, 6.45) is 3.62. The molecule has 4 unspecified atom stereocenters. The number of nitrogens with zero attached hydrogens (tertiary/aromatic N) is 1. The lowest BCUT2D eigenvalue weighted by Gasteiger charge is -2.25. The predicted molar refractivity (Wildman–Crippen MR) is 144 cm³/mol. The number of carboxylic acid groups (broad SMARTS) is 2. The molecule has 1 aromatic carbocycles. The average molecular weight is 560 g/mol. The monoisotopic (exact) mass is 559 g/mol. The molecule has 14 heteroatoms. The number of carbonyl (C=O) groups excluding carboxylic acids is 3. The standard InChI is InChI=1S/C26H37N7O7/c27-11-5-4-8-19(24(37)33-21(26(39)40)13-17-14-29-15-30-17)31-25(38)20(12-16-6-2-1-3-7-16)32-23(36)18(28)9-10-22(34)35/h1-3,6-7,14-15,18-21H,4-5,8-13,27-28H2,(H,29,30)(H,31,38)(H,32,36)(H,33,37)(H,34,35)(H,39,40). The number of unbranched alkanes of at least 4 members (excludes halogenated alkanes) is 1. The minimum Gasteiger partial charge on any atom is -0.481 e. The fraction of sp³-hybridized carbons (Fsp3) is 0.462. The number of rotatable bonds is 18. The summed E-state index contributed by atoms with van der Waals surface area (Å²) in [5, 5.41) is 26.2. The Labute approximate surface area is 231 Å². The summed E-state index contributed by atoms with van der Waals surface area (Å²) in [4.78, 5) is 68.6. The van der Waals surface area contributed by atoms with Crippen LogP contribution in [0.4, 0.5) is 0 Å². The van der Waals surface area contributed by atoms with Gasteiger partial charge < -0.3 is 42.6 Å². The van der Waals surface area contributed by atoms with Crippen LogP contribution in [0.5, 0.6) is 0 Å². The number of aromatic nitrogens is 2. The number of nitrogens with one attached hydrogen (secondary N) is 4. The number of benzene rings is 1. The number of hydrogen-bond acceptors (Lipinski definition) is 8. The molecule has 0 saturated carbocycles. The van der Waals surface area contributed by atoms with Gasteiger partial charge in [-0.3, -0.25) is 19.2 Å². The molecule has 0 aliphatic heterocycles. The Morgan fingerprint density at radius 1 is 0.850 bits per heavy atom. The van der Waals surface area contributed by atoms with Crippen molar-refractivity contribution in [1.29, 1.82) is 0 Å². The van der Waals surface area contributed by atoms with Crippen LogP contribution in [0, 0.1) is 0 Å². The third kappa shape index (κ3) is 11.2. The van der Waals surface area contributed by atoms with Crippen molar-refractivity contribution in [3.63, 3.8) is 0 Å². The topological polar surface area (TPSA) is 243 Å². The molecule has 1 aromatic heterocycles. The Kier molecular flexibility index (Phi) is 13.3. The second-order valence-electron chi connectivity index (χ2n) is 9.32. The number of aromatic amines is 1. The Morgan fingerprint density at radius 3 is 2.10 bits per heavy atom. The molecule has 0 fully saturated rings. The van der Waals surface area contributed by atoms with Gasteiger partial charge >= 0.3 is 11.9 Å². The summed E-state index contributed by atoms with van der Waals surface area (Å²) in [5.74, 6) is -4.48. The van der Waals surface area contributed by atoms with Gasteiger partial charge in [0, 0.05) is 31.2 Å². The van der Waals surface area contributed by atoms with E-state index in [-0.39, 0.29) is 32.1 Å². The molecule has 2 aromatic rings. The maximum absolute atomic E-state index is 13.4. The van der Waals surface area contributed by atoms with Crippen LogP contribution in [0.1, 0.15) is 43.4 Å². The second kappa shape index (κ2) is 16.6. The molecule has 3 amide bonds. The van der Waals surface area contributed by atoms with E-state index in [2.05, 4.69) is 25.9 Å². The SMILES string of the molecule is NCCCCC(NC(=O)C(Cc1ccccc1)NC(=O)C(N)CCC(=O)O)C(=O)NC(Cc1cnc[nH]1)C(=O)O. The fourth-order valence-corrected chi connectivity index (χ4v) is 3.87. The van der Waals surface area contributed by atoms with Crippen molar-refractivity contribution in [2.24, 2.45) is 11.5 Å². The summed E-state index contributed by atoms with van der Waals surface area (Å²) in [6.45, 7) is 0.362. The number of amides is 3. The molecule has 218 valence electrons. The van der Waals surface area contributed by atoms with Crippen LogP contribution >= 0.6 is 0 Å². The van der Waals surface area contributed by atoms with E-state index < -0.39 is 53.8 Å². The third-order valence-corrected chi connectivity index (χ3v) is 6.09. The second-order valence-corrected chi connectivity index (χ2v) is 9.32. The fourth-order valence-electron chi connectivity index (χ4n) is 3.87. The summed E-state index contributed by atoms with van der Waals surface area (Å²) >= 11 is 0. The van der Waals surface area contributed by atoms with Crippen molar-refractivity contribution in [1.82, 2.24) is 25.9 Å². The van der Waals surface area contributed by atoms with Gasteiger partial charge in [-0.1, -0.05) is 30.3 Å². The van der Waals surface area contributed by atoms with E-state index in [1.54, 1.807) is 30.3 Å². The Hall–Kier alpha value is -4.30. The van der Waals surface area contributed by atoms with Gasteiger partial charge in [0.15, 0.2) is 0 Å². The summed E-state index contributed by atoms with van der Waals surface area (Å²) in [6, 6.07) is 4.13. The van der Waals surface area contributed by atoms with Crippen LogP contribution in [-0.2, 0) is 36.8 Å². The zero-order chi connectivity index (χ0) is 29.5. The number of hydrogen-bond donors (Lipinski definition) is 8. The van der Waals surface area contributed by atoms with Gasteiger partial charge in [0.05, 0.1) is 12.4 Å². The number of carbonyl (C=O) groups is 5. The van der Waals surface area contributed by atoms with Crippen LogP contribution < -0.4 is 27.4 Å². The van der Waals surface area contributed by atoms with Gasteiger partial charge in [0.25, 0.3) is 0 Å². The first kappa shape index (κ1) is 31.9. The highest BCUT2D eigenvalue weighted by Gasteiger charge is 2.30. The van der Waals surface area contributed by atoms with E-state index in [0.29, 0.717) is 25.1 Å². The highest BCUT2D eigenvalue weighted by atomic mass is 16.4. The lowest BCUT2D eigenvalue weighted by Crippen LogP contribution is -2.57. The number of H-pyrrole nitrogens is 1. The van der Waals surface area contributed by atoms with E-state index in [1.807, 2.05) is 0 Å². The van der Waals surface area contributed by atoms with Crippen molar-refractivity contribution in [2.75, 3.05) is 6.54 Å². The zero-order valence-electron chi connectivity index (χ0n) is 22.0. The smallest absolute Gasteiger partial charge is 0.326 e. The molecular weight excluding hydrogens is 522 g/mol. The molecule has 0 radical (unpaired) electrons. The van der Waals surface area contributed by atoms with Gasteiger partial charge in [-0.05, 0) is 37.8 Å². The summed E-state index contributed by atoms with van der Waals surface area (Å²) < 4.78 is 0. The molecule has 1 heterocycles. The van der Waals surface area contributed by atoms with E-state index in [4.69, 9.17) is 16.6 Å². The van der Waals surface area contributed by atoms with Crippen molar-refractivity contribution >= 4 is 29.7 Å². The maximum atomic E-state index is 13.4. The first-order valence-corrected chi connectivity index (χ1v) is 12.9. The molecule has 0 aliphatic carbocycles. The molecule has 40 heavy (non-hydrogen) atoms. The van der Waals surface area contributed by atoms with Crippen LogP contribution in [0.2, 0.25) is 0 Å². The molecule has 4 atom stereocenters. The Morgan fingerprint density at radius 2 is 1.50 bits per heavy atom. The summed E-state index contributed by atoms with van der Waals surface area (Å²) in [5.41, 5.74) is 12.6. The normalized spacial score (nSPS) is 13.8. The number of imidazole rings is 1. The van der Waals surface area contributed by atoms with E-state index in [0.717, 1.165) is 5.56 Å². The highest BCUT2D eigenvalue weighted by molar-refractivity contribution is 5.94. The molecule has 0 spiro atoms. The average Bonchev–Trinajstić information content (AvgIpc) is 3.44. The third-order valence-electron chi connectivity index (χ3n) is 6.09. The quantitative estimate of drug-likeness (QED) is 0.104. The molecule has 14 nitrogen and oxygen atoms in total. The molecular formula is C26H37N7O7. The van der Waals surface area contributed by atoms with Crippen molar-refractivity contribution in [2.45, 2.75) is 69.1 Å². The van der Waals surface area contributed by atoms with Crippen molar-refractivity contribution in [3.05, 3.63) is 54.1 Å². The highest BCUT2D eigenvalue weighted by Crippen LogP contribution is 2.08. The Bertz CT molecular complexity index is 1110.